The van der Waals surface area contributed by atoms with Crippen molar-refractivity contribution in [3.8, 4) is 0 Å². The zero-order chi connectivity index (χ0) is 13.5. The van der Waals surface area contributed by atoms with Crippen molar-refractivity contribution in [2.75, 3.05) is 6.61 Å². The lowest BCUT2D eigenvalue weighted by Crippen LogP contribution is -2.41. The van der Waals surface area contributed by atoms with Gasteiger partial charge in [-0.1, -0.05) is 0 Å². The average molecular weight is 303 g/mol. The van der Waals surface area contributed by atoms with Gasteiger partial charge in [0.25, 0.3) is 0 Å². The van der Waals surface area contributed by atoms with Crippen LogP contribution < -0.4 is 4.72 Å². The Labute approximate surface area is 116 Å². The molecule has 3 heterocycles. The Morgan fingerprint density at radius 2 is 2.26 bits per heavy atom. The molecule has 106 valence electrons. The van der Waals surface area contributed by atoms with E-state index in [4.69, 9.17) is 9.84 Å². The molecule has 2 N–H and O–H groups in total. The lowest BCUT2D eigenvalue weighted by Gasteiger charge is -2.19. The highest BCUT2D eigenvalue weighted by molar-refractivity contribution is 7.91. The number of hydrogen-bond donors (Lipinski definition) is 2. The van der Waals surface area contributed by atoms with E-state index in [-0.39, 0.29) is 24.9 Å². The molecule has 0 radical (unpaired) electrons. The molecular weight excluding hydrogens is 286 g/mol. The van der Waals surface area contributed by atoms with Gasteiger partial charge >= 0.3 is 0 Å². The summed E-state index contributed by atoms with van der Waals surface area (Å²) in [4.78, 5) is 0.882. The molecule has 0 saturated carbocycles. The number of sulfonamides is 1. The maximum absolute atomic E-state index is 12.3. The summed E-state index contributed by atoms with van der Waals surface area (Å²) in [5.74, 6) is 0. The van der Waals surface area contributed by atoms with Crippen molar-refractivity contribution in [1.82, 2.24) is 4.72 Å². The summed E-state index contributed by atoms with van der Waals surface area (Å²) < 4.78 is 33.3. The minimum Gasteiger partial charge on any atom is -0.396 e. The maximum Gasteiger partial charge on any atom is 0.250 e. The van der Waals surface area contributed by atoms with Crippen LogP contribution in [0, 0.1) is 0 Å². The van der Waals surface area contributed by atoms with Crippen LogP contribution in [0.15, 0.2) is 16.3 Å². The molecular formula is C12H17NO4S2. The van der Waals surface area contributed by atoms with Crippen molar-refractivity contribution >= 4 is 21.4 Å². The molecule has 3 rings (SSSR count). The molecule has 0 aromatic carbocycles. The van der Waals surface area contributed by atoms with Crippen molar-refractivity contribution in [3.05, 3.63) is 17.0 Å². The van der Waals surface area contributed by atoms with Gasteiger partial charge in [-0.25, -0.2) is 13.1 Å². The Balaban J connectivity index is 1.71. The molecule has 2 bridgehead atoms. The lowest BCUT2D eigenvalue weighted by atomic mass is 9.96. The second kappa shape index (κ2) is 5.14. The van der Waals surface area contributed by atoms with Gasteiger partial charge in [-0.3, -0.25) is 0 Å². The molecule has 0 aliphatic carbocycles. The van der Waals surface area contributed by atoms with E-state index >= 15 is 0 Å². The van der Waals surface area contributed by atoms with E-state index in [0.29, 0.717) is 10.6 Å². The lowest BCUT2D eigenvalue weighted by molar-refractivity contribution is 0.0996. The molecule has 0 spiro atoms. The first kappa shape index (κ1) is 13.5. The summed E-state index contributed by atoms with van der Waals surface area (Å²) in [5, 5.41) is 8.86. The van der Waals surface area contributed by atoms with E-state index in [1.54, 1.807) is 12.1 Å². The van der Waals surface area contributed by atoms with Gasteiger partial charge in [-0.05, 0) is 31.4 Å². The van der Waals surface area contributed by atoms with Crippen LogP contribution in [-0.4, -0.2) is 38.4 Å². The van der Waals surface area contributed by atoms with Gasteiger partial charge in [0.1, 0.15) is 4.21 Å². The fourth-order valence-electron chi connectivity index (χ4n) is 2.77. The molecule has 2 aliphatic rings. The Bertz CT molecular complexity index is 554. The minimum atomic E-state index is -3.46. The van der Waals surface area contributed by atoms with Crippen LogP contribution >= 0.6 is 11.3 Å². The van der Waals surface area contributed by atoms with Gasteiger partial charge in [0.2, 0.25) is 10.0 Å². The molecule has 7 heteroatoms. The Kier molecular flexibility index (Phi) is 3.65. The third-order valence-electron chi connectivity index (χ3n) is 3.67. The van der Waals surface area contributed by atoms with E-state index in [0.717, 1.165) is 24.1 Å². The normalized spacial score (nSPS) is 30.1. The van der Waals surface area contributed by atoms with Gasteiger partial charge in [-0.15, -0.1) is 11.3 Å². The number of aliphatic hydroxyl groups is 1. The van der Waals surface area contributed by atoms with Crippen molar-refractivity contribution in [2.45, 2.75) is 48.1 Å². The quantitative estimate of drug-likeness (QED) is 0.847. The van der Waals surface area contributed by atoms with E-state index in [1.165, 1.54) is 11.3 Å². The number of aliphatic hydroxyl groups excluding tert-OH is 1. The number of nitrogens with one attached hydrogen (secondary N) is 1. The summed E-state index contributed by atoms with van der Waals surface area (Å²) in [7, 11) is -3.46. The Morgan fingerprint density at radius 3 is 2.89 bits per heavy atom. The van der Waals surface area contributed by atoms with E-state index in [2.05, 4.69) is 4.72 Å². The van der Waals surface area contributed by atoms with Crippen LogP contribution in [0.25, 0.3) is 0 Å². The average Bonchev–Trinajstić information content (AvgIpc) is 3.03. The van der Waals surface area contributed by atoms with Crippen LogP contribution in [0.1, 0.15) is 24.1 Å². The molecule has 2 fully saturated rings. The minimum absolute atomic E-state index is 0.0354. The zero-order valence-corrected chi connectivity index (χ0v) is 12.0. The molecule has 19 heavy (non-hydrogen) atoms. The number of ether oxygens (including phenoxy) is 1. The predicted molar refractivity (Wildman–Crippen MR) is 71.7 cm³/mol. The zero-order valence-electron chi connectivity index (χ0n) is 10.4. The van der Waals surface area contributed by atoms with Crippen molar-refractivity contribution in [2.24, 2.45) is 0 Å². The summed E-state index contributed by atoms with van der Waals surface area (Å²) in [5.41, 5.74) is 0. The highest BCUT2D eigenvalue weighted by Gasteiger charge is 2.42. The number of rotatable bonds is 5. The maximum atomic E-state index is 12.3. The molecule has 5 nitrogen and oxygen atoms in total. The second-order valence-electron chi connectivity index (χ2n) is 5.03. The predicted octanol–water partition coefficient (Wildman–Crippen LogP) is 0.881. The third kappa shape index (κ3) is 2.71. The fraction of sp³-hybridized carbons (Fsp3) is 0.667. The molecule has 0 amide bonds. The number of hydrogen-bond acceptors (Lipinski definition) is 5. The smallest absolute Gasteiger partial charge is 0.250 e. The summed E-state index contributed by atoms with van der Waals surface area (Å²) in [6.07, 6.45) is 3.53. The second-order valence-corrected chi connectivity index (χ2v) is 8.14. The Morgan fingerprint density at radius 1 is 1.42 bits per heavy atom. The third-order valence-corrected chi connectivity index (χ3v) is 6.80. The number of thiophene rings is 1. The van der Waals surface area contributed by atoms with Crippen LogP contribution in [0.5, 0.6) is 0 Å². The highest BCUT2D eigenvalue weighted by atomic mass is 32.2. The van der Waals surface area contributed by atoms with Crippen LogP contribution in [0.4, 0.5) is 0 Å². The standard InChI is InChI=1S/C12H17NO4S2/c14-6-5-9-2-4-12(18-9)19(15,16)13-10-7-8-1-3-11(10)17-8/h2,4,8,10-11,13-14H,1,3,5-7H2. The summed E-state index contributed by atoms with van der Waals surface area (Å²) in [6.45, 7) is 0.0354. The largest absolute Gasteiger partial charge is 0.396 e. The van der Waals surface area contributed by atoms with Crippen LogP contribution in [0.3, 0.4) is 0 Å². The van der Waals surface area contributed by atoms with Gasteiger partial charge in [0.05, 0.1) is 18.2 Å². The topological polar surface area (TPSA) is 75.6 Å². The van der Waals surface area contributed by atoms with Crippen molar-refractivity contribution in [3.63, 3.8) is 0 Å². The van der Waals surface area contributed by atoms with Crippen LogP contribution in [-0.2, 0) is 21.2 Å². The van der Waals surface area contributed by atoms with Crippen molar-refractivity contribution in [1.29, 1.82) is 0 Å². The first-order chi connectivity index (χ1) is 9.08. The van der Waals surface area contributed by atoms with Crippen molar-refractivity contribution < 1.29 is 18.3 Å². The van der Waals surface area contributed by atoms with Crippen LogP contribution in [0.2, 0.25) is 0 Å². The van der Waals surface area contributed by atoms with E-state index < -0.39 is 10.0 Å². The summed E-state index contributed by atoms with van der Waals surface area (Å²) >= 11 is 1.22. The molecule has 1 aromatic heterocycles. The molecule has 3 unspecified atom stereocenters. The molecule has 2 aliphatic heterocycles. The van der Waals surface area contributed by atoms with E-state index in [1.807, 2.05) is 0 Å². The monoisotopic (exact) mass is 303 g/mol. The highest BCUT2D eigenvalue weighted by Crippen LogP contribution is 2.35. The van der Waals surface area contributed by atoms with Gasteiger partial charge in [0, 0.05) is 17.9 Å². The summed E-state index contributed by atoms with van der Waals surface area (Å²) in [6, 6.07) is 3.27. The molecule has 1 aromatic rings. The van der Waals surface area contributed by atoms with Gasteiger partial charge in [-0.2, -0.15) is 0 Å². The fourth-order valence-corrected chi connectivity index (χ4v) is 5.40. The number of fused-ring (bicyclic) bond motifs is 2. The molecule has 3 atom stereocenters. The first-order valence-electron chi connectivity index (χ1n) is 6.46. The van der Waals surface area contributed by atoms with E-state index in [9.17, 15) is 8.42 Å². The molecule has 2 saturated heterocycles. The Hall–Kier alpha value is -0.470. The SMILES string of the molecule is O=S(=O)(NC1CC2CCC1O2)c1ccc(CCO)s1. The van der Waals surface area contributed by atoms with Gasteiger partial charge in [0.15, 0.2) is 0 Å². The van der Waals surface area contributed by atoms with Gasteiger partial charge < -0.3 is 9.84 Å². The first-order valence-corrected chi connectivity index (χ1v) is 8.76.